The Bertz CT molecular complexity index is 995. The summed E-state index contributed by atoms with van der Waals surface area (Å²) in [6.07, 6.45) is 1.38. The predicted molar refractivity (Wildman–Crippen MR) is 129 cm³/mol. The number of nitrogens with two attached hydrogens (primary N) is 1. The van der Waals surface area contributed by atoms with Crippen molar-refractivity contribution in [2.24, 2.45) is 16.6 Å². The van der Waals surface area contributed by atoms with Crippen molar-refractivity contribution in [3.8, 4) is 11.5 Å². The standard InChI is InChI=1S/C25H33FN4O4/c1-5-16(2)12-20(24(32)28-15-17-6-9-19(26)10-7-17)29-25(27)30-23(31)14-18-8-11-21(33-3)22(13-18)34-4/h6-11,13,16,20H,5,12,14-15H2,1-4H3,(H,28,32)(H3,27,29,30,31)/t16?,20-/m1/s1. The molecule has 2 atom stereocenters. The van der Waals surface area contributed by atoms with Crippen LogP contribution in [0.1, 0.15) is 37.8 Å². The van der Waals surface area contributed by atoms with Crippen LogP contribution in [0.5, 0.6) is 11.5 Å². The van der Waals surface area contributed by atoms with Crippen LogP contribution >= 0.6 is 0 Å². The number of carbonyl (C=O) groups is 2. The SMILES string of the molecule is CCC(C)C[C@@H](N=C(N)NC(=O)Cc1ccc(OC)c(OC)c1)C(=O)NCc1ccc(F)cc1. The lowest BCUT2D eigenvalue weighted by atomic mass is 9.99. The van der Waals surface area contributed by atoms with Crippen molar-refractivity contribution in [1.82, 2.24) is 10.6 Å². The maximum Gasteiger partial charge on any atom is 0.245 e. The zero-order valence-corrected chi connectivity index (χ0v) is 20.1. The van der Waals surface area contributed by atoms with E-state index in [1.165, 1.54) is 26.4 Å². The number of nitrogens with zero attached hydrogens (tertiary/aromatic N) is 1. The maximum atomic E-state index is 13.1. The summed E-state index contributed by atoms with van der Waals surface area (Å²) in [5, 5.41) is 5.35. The molecule has 34 heavy (non-hydrogen) atoms. The molecular formula is C25H33FN4O4. The van der Waals surface area contributed by atoms with Crippen LogP contribution in [-0.2, 0) is 22.6 Å². The van der Waals surface area contributed by atoms with Gasteiger partial charge in [0.2, 0.25) is 11.8 Å². The third-order valence-electron chi connectivity index (χ3n) is 5.38. The molecule has 0 heterocycles. The first-order valence-corrected chi connectivity index (χ1v) is 11.1. The van der Waals surface area contributed by atoms with Gasteiger partial charge in [0.15, 0.2) is 17.5 Å². The van der Waals surface area contributed by atoms with E-state index in [4.69, 9.17) is 15.2 Å². The summed E-state index contributed by atoms with van der Waals surface area (Å²) in [6, 6.07) is 10.3. The van der Waals surface area contributed by atoms with Gasteiger partial charge in [-0.25, -0.2) is 9.38 Å². The van der Waals surface area contributed by atoms with Gasteiger partial charge in [-0.2, -0.15) is 0 Å². The Kier molecular flexibility index (Phi) is 10.3. The molecule has 0 aliphatic rings. The second-order valence-electron chi connectivity index (χ2n) is 8.04. The molecule has 4 N–H and O–H groups in total. The third kappa shape index (κ3) is 8.38. The van der Waals surface area contributed by atoms with Gasteiger partial charge in [-0.05, 0) is 47.7 Å². The molecule has 0 radical (unpaired) electrons. The fourth-order valence-electron chi connectivity index (χ4n) is 3.24. The van der Waals surface area contributed by atoms with Gasteiger partial charge >= 0.3 is 0 Å². The average Bonchev–Trinajstić information content (AvgIpc) is 2.82. The molecule has 2 amide bonds. The Labute approximate surface area is 199 Å². The Hall–Kier alpha value is -3.62. The smallest absolute Gasteiger partial charge is 0.245 e. The van der Waals surface area contributed by atoms with Crippen molar-refractivity contribution < 1.29 is 23.5 Å². The van der Waals surface area contributed by atoms with Crippen molar-refractivity contribution in [3.63, 3.8) is 0 Å². The number of halogens is 1. The van der Waals surface area contributed by atoms with Crippen LogP contribution in [-0.4, -0.2) is 38.0 Å². The van der Waals surface area contributed by atoms with Crippen LogP contribution in [0, 0.1) is 11.7 Å². The van der Waals surface area contributed by atoms with Gasteiger partial charge in [0.25, 0.3) is 0 Å². The highest BCUT2D eigenvalue weighted by atomic mass is 19.1. The van der Waals surface area contributed by atoms with Crippen LogP contribution in [0.4, 0.5) is 4.39 Å². The number of amides is 2. The van der Waals surface area contributed by atoms with E-state index in [0.29, 0.717) is 23.5 Å². The number of nitrogens with one attached hydrogen (secondary N) is 2. The molecule has 0 aliphatic carbocycles. The Morgan fingerprint density at radius 2 is 1.71 bits per heavy atom. The van der Waals surface area contributed by atoms with Crippen molar-refractivity contribution >= 4 is 17.8 Å². The molecule has 0 bridgehead atoms. The molecule has 0 saturated heterocycles. The van der Waals surface area contributed by atoms with Crippen molar-refractivity contribution in [1.29, 1.82) is 0 Å². The van der Waals surface area contributed by atoms with Crippen molar-refractivity contribution in [3.05, 3.63) is 59.4 Å². The molecule has 2 rings (SSSR count). The van der Waals surface area contributed by atoms with Crippen LogP contribution in [0.25, 0.3) is 0 Å². The number of aliphatic imine (C=N–C) groups is 1. The van der Waals surface area contributed by atoms with E-state index in [2.05, 4.69) is 15.6 Å². The zero-order chi connectivity index (χ0) is 25.1. The van der Waals surface area contributed by atoms with Gasteiger partial charge in [-0.15, -0.1) is 0 Å². The molecule has 2 aromatic rings. The molecule has 8 nitrogen and oxygen atoms in total. The number of rotatable bonds is 11. The van der Waals surface area contributed by atoms with Crippen LogP contribution in [0.3, 0.4) is 0 Å². The van der Waals surface area contributed by atoms with Crippen molar-refractivity contribution in [2.75, 3.05) is 14.2 Å². The highest BCUT2D eigenvalue weighted by Crippen LogP contribution is 2.27. The van der Waals surface area contributed by atoms with Gasteiger partial charge < -0.3 is 20.5 Å². The van der Waals surface area contributed by atoms with Gasteiger partial charge in [-0.3, -0.25) is 14.9 Å². The van der Waals surface area contributed by atoms with E-state index >= 15 is 0 Å². The summed E-state index contributed by atoms with van der Waals surface area (Å²) >= 11 is 0. The normalized spacial score (nSPS) is 13.0. The number of ether oxygens (including phenoxy) is 2. The van der Waals surface area contributed by atoms with Gasteiger partial charge in [0, 0.05) is 6.54 Å². The predicted octanol–water partition coefficient (Wildman–Crippen LogP) is 2.94. The molecule has 0 fully saturated rings. The summed E-state index contributed by atoms with van der Waals surface area (Å²) in [4.78, 5) is 29.5. The highest BCUT2D eigenvalue weighted by molar-refractivity contribution is 5.98. The van der Waals surface area contributed by atoms with E-state index < -0.39 is 6.04 Å². The molecular weight excluding hydrogens is 439 g/mol. The van der Waals surface area contributed by atoms with E-state index in [0.717, 1.165) is 12.0 Å². The van der Waals surface area contributed by atoms with Gasteiger partial charge in [-0.1, -0.05) is 38.5 Å². The van der Waals surface area contributed by atoms with Crippen LogP contribution in [0.2, 0.25) is 0 Å². The lowest BCUT2D eigenvalue weighted by molar-refractivity contribution is -0.123. The molecule has 0 aromatic heterocycles. The summed E-state index contributed by atoms with van der Waals surface area (Å²) in [5.74, 6) is 0.138. The minimum absolute atomic E-state index is 0.0450. The molecule has 9 heteroatoms. The topological polar surface area (TPSA) is 115 Å². The lowest BCUT2D eigenvalue weighted by Crippen LogP contribution is -2.41. The molecule has 0 saturated carbocycles. The summed E-state index contributed by atoms with van der Waals surface area (Å²) in [5.41, 5.74) is 7.43. The molecule has 0 aliphatic heterocycles. The Balaban J connectivity index is 2.03. The summed E-state index contributed by atoms with van der Waals surface area (Å²) in [6.45, 7) is 4.27. The average molecular weight is 473 g/mol. The summed E-state index contributed by atoms with van der Waals surface area (Å²) in [7, 11) is 3.05. The first-order chi connectivity index (χ1) is 16.2. The second kappa shape index (κ2) is 13.2. The first kappa shape index (κ1) is 26.6. The fraction of sp³-hybridized carbons (Fsp3) is 0.400. The van der Waals surface area contributed by atoms with Crippen molar-refractivity contribution in [2.45, 2.75) is 45.7 Å². The zero-order valence-electron chi connectivity index (χ0n) is 20.1. The molecule has 2 aromatic carbocycles. The van der Waals surface area contributed by atoms with E-state index in [9.17, 15) is 14.0 Å². The molecule has 1 unspecified atom stereocenters. The van der Waals surface area contributed by atoms with E-state index in [1.54, 1.807) is 30.3 Å². The second-order valence-corrected chi connectivity index (χ2v) is 8.04. The van der Waals surface area contributed by atoms with Crippen LogP contribution < -0.4 is 25.8 Å². The number of guanidine groups is 1. The highest BCUT2D eigenvalue weighted by Gasteiger charge is 2.21. The largest absolute Gasteiger partial charge is 0.493 e. The maximum absolute atomic E-state index is 13.1. The minimum Gasteiger partial charge on any atom is -0.493 e. The van der Waals surface area contributed by atoms with Crippen LogP contribution in [0.15, 0.2) is 47.5 Å². The Morgan fingerprint density at radius 3 is 2.32 bits per heavy atom. The van der Waals surface area contributed by atoms with Gasteiger partial charge in [0.05, 0.1) is 20.6 Å². The number of hydrogen-bond acceptors (Lipinski definition) is 5. The first-order valence-electron chi connectivity index (χ1n) is 11.1. The minimum atomic E-state index is -0.767. The lowest BCUT2D eigenvalue weighted by Gasteiger charge is -2.17. The quantitative estimate of drug-likeness (QED) is 0.344. The fourth-order valence-corrected chi connectivity index (χ4v) is 3.24. The molecule has 184 valence electrons. The summed E-state index contributed by atoms with van der Waals surface area (Å²) < 4.78 is 23.5. The van der Waals surface area contributed by atoms with E-state index in [-0.39, 0.29) is 42.5 Å². The third-order valence-corrected chi connectivity index (χ3v) is 5.38. The van der Waals surface area contributed by atoms with Gasteiger partial charge in [0.1, 0.15) is 11.9 Å². The monoisotopic (exact) mass is 472 g/mol. The number of benzene rings is 2. The number of carbonyl (C=O) groups excluding carboxylic acids is 2. The molecule has 0 spiro atoms. The number of methoxy groups -OCH3 is 2. The van der Waals surface area contributed by atoms with E-state index in [1.807, 2.05) is 13.8 Å². The Morgan fingerprint density at radius 1 is 1.06 bits per heavy atom. The number of hydrogen-bond donors (Lipinski definition) is 3.